The third-order valence-electron chi connectivity index (χ3n) is 11.1. The van der Waals surface area contributed by atoms with Crippen LogP contribution < -0.4 is 0 Å². The van der Waals surface area contributed by atoms with E-state index in [0.717, 1.165) is 6.04 Å². The fourth-order valence-corrected chi connectivity index (χ4v) is 9.27. The molecule has 6 aliphatic rings. The summed E-state index contributed by atoms with van der Waals surface area (Å²) in [6, 6.07) is 9.99. The minimum atomic E-state index is -0.0412. The van der Waals surface area contributed by atoms with E-state index in [9.17, 15) is 0 Å². The second-order valence-electron chi connectivity index (χ2n) is 12.5. The Morgan fingerprint density at radius 1 is 1.06 bits per heavy atom. The number of allylic oxidation sites excluding steroid dienone is 1. The fourth-order valence-electron chi connectivity index (χ4n) is 9.27. The van der Waals surface area contributed by atoms with Gasteiger partial charge in [0.1, 0.15) is 0 Å². The molecule has 176 valence electrons. The van der Waals surface area contributed by atoms with Crippen molar-refractivity contribution in [1.82, 2.24) is 9.88 Å². The van der Waals surface area contributed by atoms with Crippen LogP contribution in [0.15, 0.2) is 60.0 Å². The van der Waals surface area contributed by atoms with Gasteiger partial charge in [-0.05, 0) is 122 Å². The number of ether oxygens (including phenoxy) is 1. The average Bonchev–Trinajstić information content (AvgIpc) is 3.33. The average molecular weight is 453 g/mol. The van der Waals surface area contributed by atoms with E-state index >= 15 is 0 Å². The summed E-state index contributed by atoms with van der Waals surface area (Å²) < 4.78 is 7.49. The summed E-state index contributed by atoms with van der Waals surface area (Å²) in [6.07, 6.45) is 20.6. The van der Waals surface area contributed by atoms with E-state index in [2.05, 4.69) is 53.2 Å². The van der Waals surface area contributed by atoms with Crippen LogP contribution in [-0.2, 0) is 4.74 Å². The normalized spacial score (nSPS) is 42.9. The Bertz CT molecular complexity index is 1240. The van der Waals surface area contributed by atoms with Crippen LogP contribution >= 0.6 is 0 Å². The number of hydrogen-bond donors (Lipinski definition) is 0. The lowest BCUT2D eigenvalue weighted by atomic mass is 9.58. The fraction of sp³-hybridized carbons (Fsp3) is 0.581. The van der Waals surface area contributed by atoms with Gasteiger partial charge in [-0.2, -0.15) is 0 Å². The van der Waals surface area contributed by atoms with E-state index in [1.54, 1.807) is 11.1 Å². The Balaban J connectivity index is 1.16. The monoisotopic (exact) mass is 452 g/mol. The van der Waals surface area contributed by atoms with Gasteiger partial charge < -0.3 is 9.64 Å². The molecule has 2 bridgehead atoms. The molecule has 2 saturated carbocycles. The number of nitrogens with zero attached hydrogens (tertiary/aromatic N) is 2. The van der Waals surface area contributed by atoms with Crippen molar-refractivity contribution < 1.29 is 4.74 Å². The molecule has 4 fully saturated rings. The number of pyridine rings is 1. The van der Waals surface area contributed by atoms with Crippen molar-refractivity contribution in [1.29, 1.82) is 0 Å². The molecule has 2 unspecified atom stereocenters. The highest BCUT2D eigenvalue weighted by molar-refractivity contribution is 5.82. The maximum Gasteiger partial charge on any atom is 0.0974 e. The predicted octanol–water partition coefficient (Wildman–Crippen LogP) is 6.55. The number of rotatable bonds is 2. The van der Waals surface area contributed by atoms with Crippen molar-refractivity contribution in [2.75, 3.05) is 13.1 Å². The first-order valence-corrected chi connectivity index (χ1v) is 13.8. The summed E-state index contributed by atoms with van der Waals surface area (Å²) in [7, 11) is 0. The van der Waals surface area contributed by atoms with Crippen LogP contribution in [0, 0.1) is 11.3 Å². The largest absolute Gasteiger partial charge is 0.359 e. The Morgan fingerprint density at radius 3 is 2.88 bits per heavy atom. The highest BCUT2D eigenvalue weighted by atomic mass is 16.5. The van der Waals surface area contributed by atoms with Crippen LogP contribution in [0.3, 0.4) is 0 Å². The predicted molar refractivity (Wildman–Crippen MR) is 136 cm³/mol. The molecule has 3 nitrogen and oxygen atoms in total. The molecule has 1 aromatic heterocycles. The molecule has 3 heteroatoms. The van der Waals surface area contributed by atoms with Crippen molar-refractivity contribution in [2.24, 2.45) is 11.3 Å². The molecular formula is C31H36N2O. The lowest BCUT2D eigenvalue weighted by Crippen LogP contribution is -2.56. The zero-order valence-corrected chi connectivity index (χ0v) is 20.4. The molecule has 0 amide bonds. The van der Waals surface area contributed by atoms with E-state index in [-0.39, 0.29) is 16.6 Å². The van der Waals surface area contributed by atoms with Crippen LogP contribution in [0.5, 0.6) is 0 Å². The van der Waals surface area contributed by atoms with E-state index in [4.69, 9.17) is 4.74 Å². The highest BCUT2D eigenvalue weighted by Gasteiger charge is 2.66. The second kappa shape index (κ2) is 6.83. The van der Waals surface area contributed by atoms with E-state index in [1.165, 1.54) is 87.2 Å². The van der Waals surface area contributed by atoms with E-state index < -0.39 is 0 Å². The summed E-state index contributed by atoms with van der Waals surface area (Å²) in [6.45, 7) is 5.20. The van der Waals surface area contributed by atoms with Crippen molar-refractivity contribution in [3.63, 3.8) is 0 Å². The standard InChI is InChI=1S/C31H36N2O/c1-29-11-9-25-18-24-5-6-26(33-15-2-16-33)19-30(24)12-13-31(25,34-30)28(29)8-7-27(29)22-4-3-21-10-14-32-20-23(21)17-22/h3-4,9-10,14,17-18,20,26-28H,2,5-8,11-13,15-16,19H2,1H3/t26?,27?,28-,29+,30-,31-/m1/s1. The smallest absolute Gasteiger partial charge is 0.0974 e. The molecule has 2 saturated heterocycles. The van der Waals surface area contributed by atoms with Gasteiger partial charge in [-0.3, -0.25) is 4.98 Å². The summed E-state index contributed by atoms with van der Waals surface area (Å²) in [4.78, 5) is 7.12. The summed E-state index contributed by atoms with van der Waals surface area (Å²) >= 11 is 0. The van der Waals surface area contributed by atoms with Crippen molar-refractivity contribution in [3.8, 4) is 0 Å². The Hall–Kier alpha value is -1.97. The zero-order valence-electron chi connectivity index (χ0n) is 20.4. The van der Waals surface area contributed by atoms with E-state index in [1.807, 2.05) is 12.4 Å². The van der Waals surface area contributed by atoms with Crippen molar-refractivity contribution in [2.45, 2.75) is 87.9 Å². The molecule has 0 N–H and O–H groups in total. The van der Waals surface area contributed by atoms with Gasteiger partial charge in [-0.1, -0.05) is 31.2 Å². The maximum atomic E-state index is 7.49. The van der Waals surface area contributed by atoms with Gasteiger partial charge in [0.05, 0.1) is 11.2 Å². The van der Waals surface area contributed by atoms with Crippen LogP contribution in [0.1, 0.15) is 76.2 Å². The molecular weight excluding hydrogens is 416 g/mol. The van der Waals surface area contributed by atoms with Crippen molar-refractivity contribution in [3.05, 3.63) is 65.5 Å². The Labute approximate surface area is 203 Å². The van der Waals surface area contributed by atoms with Crippen LogP contribution in [0.4, 0.5) is 0 Å². The minimum Gasteiger partial charge on any atom is -0.359 e. The van der Waals surface area contributed by atoms with E-state index in [0.29, 0.717) is 11.8 Å². The molecule has 8 rings (SSSR count). The summed E-state index contributed by atoms with van der Waals surface area (Å²) in [5, 5.41) is 2.57. The highest BCUT2D eigenvalue weighted by Crippen LogP contribution is 2.69. The molecule has 2 aromatic rings. The first-order chi connectivity index (χ1) is 16.6. The molecule has 2 spiro atoms. The number of likely N-dealkylation sites (tertiary alicyclic amines) is 1. The quantitative estimate of drug-likeness (QED) is 0.516. The zero-order chi connectivity index (χ0) is 22.5. The minimum absolute atomic E-state index is 0.0286. The molecule has 1 aromatic carbocycles. The van der Waals surface area contributed by atoms with Gasteiger partial charge in [-0.15, -0.1) is 0 Å². The lowest BCUT2D eigenvalue weighted by molar-refractivity contribution is -0.142. The molecule has 34 heavy (non-hydrogen) atoms. The number of fused-ring (bicyclic) bond motifs is 2. The Kier molecular flexibility index (Phi) is 4.06. The second-order valence-corrected chi connectivity index (χ2v) is 12.5. The molecule has 0 radical (unpaired) electrons. The topological polar surface area (TPSA) is 25.4 Å². The number of benzene rings is 1. The van der Waals surface area contributed by atoms with Gasteiger partial charge in [0.15, 0.2) is 0 Å². The summed E-state index contributed by atoms with van der Waals surface area (Å²) in [5.41, 5.74) is 4.94. The van der Waals surface area contributed by atoms with Gasteiger partial charge in [-0.25, -0.2) is 0 Å². The number of aromatic nitrogens is 1. The Morgan fingerprint density at radius 2 is 2.00 bits per heavy atom. The molecule has 4 heterocycles. The number of hydrogen-bond acceptors (Lipinski definition) is 3. The summed E-state index contributed by atoms with van der Waals surface area (Å²) in [5.74, 6) is 1.22. The van der Waals surface area contributed by atoms with Gasteiger partial charge in [0, 0.05) is 23.8 Å². The first kappa shape index (κ1) is 20.2. The molecule has 3 aliphatic carbocycles. The van der Waals surface area contributed by atoms with Gasteiger partial charge in [0.2, 0.25) is 0 Å². The van der Waals surface area contributed by atoms with Crippen LogP contribution in [0.2, 0.25) is 0 Å². The van der Waals surface area contributed by atoms with Gasteiger partial charge in [0.25, 0.3) is 0 Å². The van der Waals surface area contributed by atoms with Crippen LogP contribution in [0.25, 0.3) is 10.8 Å². The van der Waals surface area contributed by atoms with Crippen molar-refractivity contribution >= 4 is 10.8 Å². The SMILES string of the molecule is C[C@@]12CC=C3C=C4CCC(N5CCC5)C[C@]45CC[C@]3(O5)[C@@H]1CCC2c1ccc2ccncc2c1. The first-order valence-electron chi connectivity index (χ1n) is 13.8. The lowest BCUT2D eigenvalue weighted by Gasteiger charge is -2.55. The third kappa shape index (κ3) is 2.53. The third-order valence-corrected chi connectivity index (χ3v) is 11.1. The maximum absolute atomic E-state index is 7.49. The van der Waals surface area contributed by atoms with Gasteiger partial charge >= 0.3 is 0 Å². The molecule has 6 atom stereocenters. The van der Waals surface area contributed by atoms with Crippen LogP contribution in [-0.4, -0.2) is 40.2 Å². The molecule has 3 aliphatic heterocycles.